The Kier molecular flexibility index (Phi) is 5.93. The Hall–Kier alpha value is -2.59. The smallest absolute Gasteiger partial charge is 0.280 e. The van der Waals surface area contributed by atoms with Crippen molar-refractivity contribution in [3.63, 3.8) is 0 Å². The van der Waals surface area contributed by atoms with Crippen molar-refractivity contribution in [3.8, 4) is 0 Å². The molecule has 0 saturated heterocycles. The van der Waals surface area contributed by atoms with E-state index < -0.39 is 18.3 Å². The number of fused-ring (bicyclic) bond motifs is 1. The highest BCUT2D eigenvalue weighted by molar-refractivity contribution is 7.21. The van der Waals surface area contributed by atoms with Crippen molar-refractivity contribution in [2.45, 2.75) is 52.5 Å². The number of aryl methyl sites for hydroxylation is 1. The fourth-order valence-electron chi connectivity index (χ4n) is 3.71. The quantitative estimate of drug-likeness (QED) is 0.498. The van der Waals surface area contributed by atoms with Crippen LogP contribution in [-0.4, -0.2) is 26.6 Å². The molecule has 3 N–H and O–H groups in total. The molecular formula is C21H22ClF2N5O2S. The van der Waals surface area contributed by atoms with Crippen LogP contribution in [0.2, 0.25) is 5.02 Å². The van der Waals surface area contributed by atoms with Crippen molar-refractivity contribution >= 4 is 50.7 Å². The summed E-state index contributed by atoms with van der Waals surface area (Å²) in [6.07, 6.45) is -1.03. The molecular weight excluding hydrogens is 460 g/mol. The predicted octanol–water partition coefficient (Wildman–Crippen LogP) is 4.95. The largest absolute Gasteiger partial charge is 0.365 e. The highest BCUT2D eigenvalue weighted by Crippen LogP contribution is 2.48. The molecule has 0 spiro atoms. The van der Waals surface area contributed by atoms with E-state index in [1.165, 1.54) is 6.07 Å². The third-order valence-corrected chi connectivity index (χ3v) is 7.26. The van der Waals surface area contributed by atoms with Gasteiger partial charge in [-0.25, -0.2) is 13.8 Å². The molecule has 0 bridgehead atoms. The molecule has 32 heavy (non-hydrogen) atoms. The number of amides is 2. The summed E-state index contributed by atoms with van der Waals surface area (Å²) in [6.45, 7) is 5.61. The summed E-state index contributed by atoms with van der Waals surface area (Å²) in [5.74, 6) is -1.52. The summed E-state index contributed by atoms with van der Waals surface area (Å²) >= 11 is 7.11. The first kappa shape index (κ1) is 22.6. The number of rotatable bonds is 7. The molecule has 1 atom stereocenters. The molecule has 1 saturated carbocycles. The molecule has 11 heteroatoms. The number of hydrogen-bond acceptors (Lipinski definition) is 5. The molecule has 1 fully saturated rings. The number of anilines is 1. The van der Waals surface area contributed by atoms with Gasteiger partial charge in [-0.3, -0.25) is 14.3 Å². The molecule has 2 amide bonds. The van der Waals surface area contributed by atoms with Crippen LogP contribution in [0.5, 0.6) is 0 Å². The number of primary amides is 1. The van der Waals surface area contributed by atoms with Gasteiger partial charge in [0.2, 0.25) is 5.91 Å². The van der Waals surface area contributed by atoms with Gasteiger partial charge in [0, 0.05) is 5.39 Å². The lowest BCUT2D eigenvalue weighted by Crippen LogP contribution is -2.26. The van der Waals surface area contributed by atoms with E-state index in [1.807, 2.05) is 6.92 Å². The van der Waals surface area contributed by atoms with Gasteiger partial charge in [-0.1, -0.05) is 18.5 Å². The molecule has 1 aliphatic carbocycles. The minimum absolute atomic E-state index is 0.0931. The molecule has 0 aromatic carbocycles. The van der Waals surface area contributed by atoms with Crippen molar-refractivity contribution in [2.24, 2.45) is 11.7 Å². The van der Waals surface area contributed by atoms with Crippen LogP contribution in [0, 0.1) is 19.8 Å². The number of carbonyl (C=O) groups excluding carboxylic acids is 2. The molecule has 4 rings (SSSR count). The van der Waals surface area contributed by atoms with Crippen LogP contribution in [0.4, 0.5) is 14.5 Å². The van der Waals surface area contributed by atoms with Crippen molar-refractivity contribution in [2.75, 3.05) is 5.32 Å². The topological polar surface area (TPSA) is 103 Å². The molecule has 0 aliphatic heterocycles. The average Bonchev–Trinajstić information content (AvgIpc) is 3.48. The van der Waals surface area contributed by atoms with Crippen molar-refractivity contribution < 1.29 is 18.4 Å². The monoisotopic (exact) mass is 481 g/mol. The Bertz CT molecular complexity index is 1230. The molecule has 3 aromatic heterocycles. The van der Waals surface area contributed by atoms with E-state index in [9.17, 15) is 18.4 Å². The fourth-order valence-corrected chi connectivity index (χ4v) is 4.87. The number of nitrogens with zero attached hydrogens (tertiary/aromatic N) is 3. The van der Waals surface area contributed by atoms with Crippen LogP contribution >= 0.6 is 22.9 Å². The van der Waals surface area contributed by atoms with Crippen LogP contribution in [0.3, 0.4) is 0 Å². The Balaban J connectivity index is 1.71. The summed E-state index contributed by atoms with van der Waals surface area (Å²) in [6, 6.07) is 1.37. The van der Waals surface area contributed by atoms with Crippen molar-refractivity contribution in [1.29, 1.82) is 0 Å². The van der Waals surface area contributed by atoms with Gasteiger partial charge in [0.05, 0.1) is 34.6 Å². The maximum atomic E-state index is 13.4. The second-order valence-corrected chi connectivity index (χ2v) is 9.50. The van der Waals surface area contributed by atoms with Gasteiger partial charge >= 0.3 is 0 Å². The first-order valence-electron chi connectivity index (χ1n) is 10.1. The number of halogens is 3. The number of carbonyl (C=O) groups is 2. The van der Waals surface area contributed by atoms with E-state index in [2.05, 4.69) is 15.4 Å². The van der Waals surface area contributed by atoms with E-state index in [0.29, 0.717) is 21.7 Å². The summed E-state index contributed by atoms with van der Waals surface area (Å²) in [7, 11) is 0. The predicted molar refractivity (Wildman–Crippen MR) is 120 cm³/mol. The van der Waals surface area contributed by atoms with Gasteiger partial charge in [-0.05, 0) is 44.2 Å². The zero-order chi connectivity index (χ0) is 23.3. The number of pyridine rings is 1. The lowest BCUT2D eigenvalue weighted by molar-refractivity contribution is -0.119. The first-order chi connectivity index (χ1) is 15.1. The van der Waals surface area contributed by atoms with Crippen LogP contribution in [0.15, 0.2) is 6.07 Å². The van der Waals surface area contributed by atoms with E-state index in [0.717, 1.165) is 29.9 Å². The normalized spacial score (nSPS) is 14.8. The maximum absolute atomic E-state index is 13.4. The molecule has 7 nitrogen and oxygen atoms in total. The second kappa shape index (κ2) is 8.40. The Labute approximate surface area is 191 Å². The minimum atomic E-state index is -2.73. The van der Waals surface area contributed by atoms with Crippen molar-refractivity contribution in [3.05, 3.63) is 38.6 Å². The Morgan fingerprint density at radius 3 is 2.59 bits per heavy atom. The molecule has 1 unspecified atom stereocenters. The third-order valence-electron chi connectivity index (χ3n) is 5.61. The molecule has 3 heterocycles. The zero-order valence-electron chi connectivity index (χ0n) is 17.7. The van der Waals surface area contributed by atoms with E-state index in [1.54, 1.807) is 18.5 Å². The fraction of sp³-hybridized carbons (Fsp3) is 0.429. The average molecular weight is 482 g/mol. The highest BCUT2D eigenvalue weighted by Gasteiger charge is 2.32. The Morgan fingerprint density at radius 1 is 1.38 bits per heavy atom. The van der Waals surface area contributed by atoms with Crippen LogP contribution in [0.1, 0.15) is 64.4 Å². The van der Waals surface area contributed by atoms with Gasteiger partial charge in [0.25, 0.3) is 12.3 Å². The first-order valence-corrected chi connectivity index (χ1v) is 11.3. The lowest BCUT2D eigenvalue weighted by Gasteiger charge is -2.15. The molecule has 3 aromatic rings. The standard InChI is InChI=1S/C21H22ClF2N5O2S/c1-8(7-29-10(3)15(22)9(2)28-29)20(31)27-16-14-12(11-4-5-11)6-13(18(23)24)26-21(14)32-17(16)19(25)30/h6,8,11,18H,4-5,7H2,1-3H3,(H2,25,30)(H,27,31). The lowest BCUT2D eigenvalue weighted by atomic mass is 10.0. The molecule has 1 aliphatic rings. The van der Waals surface area contributed by atoms with Crippen LogP contribution < -0.4 is 11.1 Å². The third kappa shape index (κ3) is 4.09. The molecule has 170 valence electrons. The van der Waals surface area contributed by atoms with Gasteiger partial charge in [0.15, 0.2) is 0 Å². The van der Waals surface area contributed by atoms with Crippen LogP contribution in [-0.2, 0) is 11.3 Å². The van der Waals surface area contributed by atoms with E-state index in [4.69, 9.17) is 17.3 Å². The number of alkyl halides is 2. The van der Waals surface area contributed by atoms with Gasteiger partial charge in [-0.2, -0.15) is 5.10 Å². The summed E-state index contributed by atoms with van der Waals surface area (Å²) in [5, 5.41) is 8.23. The van der Waals surface area contributed by atoms with E-state index in [-0.39, 0.29) is 39.5 Å². The molecule has 0 radical (unpaired) electrons. The highest BCUT2D eigenvalue weighted by atomic mass is 35.5. The number of hydrogen-bond donors (Lipinski definition) is 2. The summed E-state index contributed by atoms with van der Waals surface area (Å²) in [4.78, 5) is 29.5. The second-order valence-electron chi connectivity index (χ2n) is 8.12. The number of thiophene rings is 1. The van der Waals surface area contributed by atoms with Crippen LogP contribution in [0.25, 0.3) is 10.2 Å². The number of aromatic nitrogens is 3. The maximum Gasteiger partial charge on any atom is 0.280 e. The Morgan fingerprint density at radius 2 is 2.06 bits per heavy atom. The minimum Gasteiger partial charge on any atom is -0.365 e. The zero-order valence-corrected chi connectivity index (χ0v) is 19.3. The van der Waals surface area contributed by atoms with Crippen molar-refractivity contribution in [1.82, 2.24) is 14.8 Å². The number of nitrogens with two attached hydrogens (primary N) is 1. The van der Waals surface area contributed by atoms with Gasteiger partial charge in [0.1, 0.15) is 15.4 Å². The summed E-state index contributed by atoms with van der Waals surface area (Å²) < 4.78 is 28.4. The number of nitrogens with one attached hydrogen (secondary N) is 1. The van der Waals surface area contributed by atoms with Gasteiger partial charge in [-0.15, -0.1) is 11.3 Å². The van der Waals surface area contributed by atoms with Gasteiger partial charge < -0.3 is 11.1 Å². The summed E-state index contributed by atoms with van der Waals surface area (Å²) in [5.41, 5.74) is 7.55. The van der Waals surface area contributed by atoms with E-state index >= 15 is 0 Å². The SMILES string of the molecule is Cc1nn(CC(C)C(=O)Nc2c(C(N)=O)sc3nc(C(F)F)cc(C4CC4)c23)c(C)c1Cl.